The summed E-state index contributed by atoms with van der Waals surface area (Å²) < 4.78 is 13.6. The molecule has 0 atom stereocenters. The Hall–Kier alpha value is -1.10. The van der Waals surface area contributed by atoms with Gasteiger partial charge in [0.25, 0.3) is 5.91 Å². The van der Waals surface area contributed by atoms with Gasteiger partial charge in [-0.15, -0.1) is 0 Å². The van der Waals surface area contributed by atoms with Gasteiger partial charge in [0.1, 0.15) is 5.82 Å². The second-order valence-electron chi connectivity index (χ2n) is 4.18. The number of carbonyl (C=O) groups is 1. The van der Waals surface area contributed by atoms with Gasteiger partial charge in [-0.3, -0.25) is 4.79 Å². The van der Waals surface area contributed by atoms with E-state index in [0.29, 0.717) is 22.6 Å². The molecule has 0 bridgehead atoms. The number of amides is 1. The van der Waals surface area contributed by atoms with Crippen molar-refractivity contribution < 1.29 is 9.18 Å². The van der Waals surface area contributed by atoms with E-state index in [-0.39, 0.29) is 11.6 Å². The van der Waals surface area contributed by atoms with Crippen LogP contribution in [-0.4, -0.2) is 23.4 Å². The van der Waals surface area contributed by atoms with E-state index in [9.17, 15) is 9.18 Å². The third-order valence-corrected chi connectivity index (χ3v) is 3.56. The summed E-state index contributed by atoms with van der Waals surface area (Å²) in [6.07, 6.45) is 2.10. The van der Waals surface area contributed by atoms with Crippen LogP contribution in [0, 0.1) is 5.82 Å². The first-order chi connectivity index (χ1) is 8.04. The Morgan fingerprint density at radius 2 is 2.24 bits per heavy atom. The van der Waals surface area contributed by atoms with Crippen LogP contribution >= 0.6 is 15.9 Å². The fourth-order valence-electron chi connectivity index (χ4n) is 1.84. The highest BCUT2D eigenvalue weighted by molar-refractivity contribution is 9.10. The van der Waals surface area contributed by atoms with Crippen molar-refractivity contribution in [3.05, 3.63) is 28.0 Å². The largest absolute Gasteiger partial charge is 0.396 e. The molecule has 1 aliphatic rings. The van der Waals surface area contributed by atoms with E-state index in [4.69, 9.17) is 5.73 Å². The molecule has 3 nitrogen and oxygen atoms in total. The van der Waals surface area contributed by atoms with E-state index in [0.717, 1.165) is 12.8 Å². The third-order valence-electron chi connectivity index (χ3n) is 2.91. The number of benzene rings is 1. The molecule has 0 aromatic heterocycles. The number of hydrogen-bond donors (Lipinski definition) is 1. The molecule has 2 N–H and O–H groups in total. The summed E-state index contributed by atoms with van der Waals surface area (Å²) >= 11 is 3.21. The summed E-state index contributed by atoms with van der Waals surface area (Å²) in [4.78, 5) is 14.1. The first kappa shape index (κ1) is 12.4. The van der Waals surface area contributed by atoms with Gasteiger partial charge in [-0.1, -0.05) is 0 Å². The second-order valence-corrected chi connectivity index (χ2v) is 5.03. The molecule has 1 aliphatic carbocycles. The van der Waals surface area contributed by atoms with Crippen molar-refractivity contribution in [3.8, 4) is 0 Å². The zero-order valence-electron chi connectivity index (χ0n) is 9.54. The van der Waals surface area contributed by atoms with Gasteiger partial charge in [0.15, 0.2) is 0 Å². The van der Waals surface area contributed by atoms with E-state index in [1.54, 1.807) is 4.90 Å². The smallest absolute Gasteiger partial charge is 0.255 e. The maximum Gasteiger partial charge on any atom is 0.255 e. The average Bonchev–Trinajstić information content (AvgIpc) is 3.08. The maximum absolute atomic E-state index is 13.2. The Morgan fingerprint density at radius 1 is 1.59 bits per heavy atom. The zero-order valence-corrected chi connectivity index (χ0v) is 11.1. The summed E-state index contributed by atoms with van der Waals surface area (Å²) in [7, 11) is 0. The van der Waals surface area contributed by atoms with Crippen LogP contribution in [0.3, 0.4) is 0 Å². The maximum atomic E-state index is 13.2. The van der Waals surface area contributed by atoms with Gasteiger partial charge >= 0.3 is 0 Å². The Labute approximate surface area is 108 Å². The molecule has 1 aromatic rings. The monoisotopic (exact) mass is 300 g/mol. The van der Waals surface area contributed by atoms with Gasteiger partial charge in [0, 0.05) is 17.1 Å². The molecule has 0 heterocycles. The van der Waals surface area contributed by atoms with Crippen molar-refractivity contribution in [2.75, 3.05) is 12.3 Å². The molecule has 1 fully saturated rings. The Morgan fingerprint density at radius 3 is 2.76 bits per heavy atom. The van der Waals surface area contributed by atoms with Gasteiger partial charge in [-0.25, -0.2) is 4.39 Å². The van der Waals surface area contributed by atoms with Gasteiger partial charge in [-0.2, -0.15) is 0 Å². The lowest BCUT2D eigenvalue weighted by Crippen LogP contribution is -2.33. The molecule has 0 unspecified atom stereocenters. The molecule has 0 saturated heterocycles. The van der Waals surface area contributed by atoms with Gasteiger partial charge in [-0.05, 0) is 47.8 Å². The van der Waals surface area contributed by atoms with Crippen molar-refractivity contribution in [2.24, 2.45) is 0 Å². The van der Waals surface area contributed by atoms with Gasteiger partial charge in [0.05, 0.1) is 11.3 Å². The average molecular weight is 301 g/mol. The van der Waals surface area contributed by atoms with Crippen LogP contribution in [0.1, 0.15) is 30.1 Å². The van der Waals surface area contributed by atoms with Crippen LogP contribution in [0.4, 0.5) is 10.1 Å². The van der Waals surface area contributed by atoms with Crippen LogP contribution < -0.4 is 5.73 Å². The number of nitrogens with two attached hydrogens (primary N) is 1. The minimum atomic E-state index is -0.511. The van der Waals surface area contributed by atoms with Crippen molar-refractivity contribution in [1.29, 1.82) is 0 Å². The molecule has 0 spiro atoms. The first-order valence-corrected chi connectivity index (χ1v) is 6.39. The Bertz CT molecular complexity index is 460. The lowest BCUT2D eigenvalue weighted by molar-refractivity contribution is 0.0751. The summed E-state index contributed by atoms with van der Waals surface area (Å²) in [5, 5.41) is 0. The quantitative estimate of drug-likeness (QED) is 0.873. The molecular weight excluding hydrogens is 287 g/mol. The molecule has 92 valence electrons. The Kier molecular flexibility index (Phi) is 3.38. The number of carbonyl (C=O) groups excluding carboxylic acids is 1. The van der Waals surface area contributed by atoms with Crippen molar-refractivity contribution >= 4 is 27.5 Å². The minimum Gasteiger partial charge on any atom is -0.396 e. The fourth-order valence-corrected chi connectivity index (χ4v) is 2.32. The summed E-state index contributed by atoms with van der Waals surface area (Å²) in [5.74, 6) is -0.600. The normalized spacial score (nSPS) is 14.8. The SMILES string of the molecule is CCN(C(=O)c1cc(N)c(F)cc1Br)C1CC1. The van der Waals surface area contributed by atoms with Gasteiger partial charge in [0.2, 0.25) is 0 Å². The second kappa shape index (κ2) is 4.64. The van der Waals surface area contributed by atoms with Crippen LogP contribution in [0.25, 0.3) is 0 Å². The predicted molar refractivity (Wildman–Crippen MR) is 68.2 cm³/mol. The molecule has 1 saturated carbocycles. The fraction of sp³-hybridized carbons (Fsp3) is 0.417. The number of anilines is 1. The van der Waals surface area contributed by atoms with E-state index >= 15 is 0 Å². The summed E-state index contributed by atoms with van der Waals surface area (Å²) in [5.41, 5.74) is 5.93. The lowest BCUT2D eigenvalue weighted by atomic mass is 10.1. The molecule has 1 amide bonds. The number of nitrogens with zero attached hydrogens (tertiary/aromatic N) is 1. The third kappa shape index (κ3) is 2.44. The molecule has 0 aliphatic heterocycles. The van der Waals surface area contributed by atoms with Crippen molar-refractivity contribution in [1.82, 2.24) is 4.90 Å². The molecular formula is C12H14BrFN2O. The summed E-state index contributed by atoms with van der Waals surface area (Å²) in [6.45, 7) is 2.60. The Balaban J connectivity index is 2.32. The standard InChI is InChI=1S/C12H14BrFN2O/c1-2-16(7-3-4-7)12(17)8-5-11(15)10(14)6-9(8)13/h5-7H,2-4,15H2,1H3. The zero-order chi connectivity index (χ0) is 12.6. The first-order valence-electron chi connectivity index (χ1n) is 5.60. The van der Waals surface area contributed by atoms with E-state index in [1.165, 1.54) is 12.1 Å². The molecule has 1 aromatic carbocycles. The van der Waals surface area contributed by atoms with Crippen LogP contribution in [0.2, 0.25) is 0 Å². The molecule has 2 rings (SSSR count). The molecule has 5 heteroatoms. The molecule has 0 radical (unpaired) electrons. The van der Waals surface area contributed by atoms with E-state index < -0.39 is 5.82 Å². The van der Waals surface area contributed by atoms with Crippen LogP contribution in [-0.2, 0) is 0 Å². The van der Waals surface area contributed by atoms with E-state index in [2.05, 4.69) is 15.9 Å². The number of hydrogen-bond acceptors (Lipinski definition) is 2. The highest BCUT2D eigenvalue weighted by Crippen LogP contribution is 2.30. The highest BCUT2D eigenvalue weighted by atomic mass is 79.9. The van der Waals surface area contributed by atoms with Crippen molar-refractivity contribution in [3.63, 3.8) is 0 Å². The minimum absolute atomic E-state index is 0.00315. The topological polar surface area (TPSA) is 46.3 Å². The van der Waals surface area contributed by atoms with Crippen LogP contribution in [0.15, 0.2) is 16.6 Å². The summed E-state index contributed by atoms with van der Waals surface area (Å²) in [6, 6.07) is 2.97. The van der Waals surface area contributed by atoms with Gasteiger partial charge < -0.3 is 10.6 Å². The predicted octanol–water partition coefficient (Wildman–Crippen LogP) is 2.79. The number of nitrogen functional groups attached to an aromatic ring is 1. The van der Waals surface area contributed by atoms with E-state index in [1.807, 2.05) is 6.92 Å². The molecule has 17 heavy (non-hydrogen) atoms. The number of rotatable bonds is 3. The van der Waals surface area contributed by atoms with Crippen LogP contribution in [0.5, 0.6) is 0 Å². The van der Waals surface area contributed by atoms with Crippen molar-refractivity contribution in [2.45, 2.75) is 25.8 Å². The number of halogens is 2. The highest BCUT2D eigenvalue weighted by Gasteiger charge is 2.32. The lowest BCUT2D eigenvalue weighted by Gasteiger charge is -2.21.